The first-order chi connectivity index (χ1) is 20.2. The fourth-order valence-corrected chi connectivity index (χ4v) is 6.29. The van der Waals surface area contributed by atoms with E-state index >= 15 is 0 Å². The molecule has 2 aromatic heterocycles. The van der Waals surface area contributed by atoms with Crippen molar-refractivity contribution in [2.45, 2.75) is 37.5 Å². The van der Waals surface area contributed by atoms with Gasteiger partial charge in [-0.15, -0.1) is 0 Å². The van der Waals surface area contributed by atoms with Crippen LogP contribution >= 0.6 is 0 Å². The summed E-state index contributed by atoms with van der Waals surface area (Å²) in [7, 11) is 1.65. The number of methoxy groups -OCH3 is 1. The van der Waals surface area contributed by atoms with Gasteiger partial charge in [-0.3, -0.25) is 0 Å². The minimum atomic E-state index is 0.00831. The van der Waals surface area contributed by atoms with Crippen LogP contribution in [0.2, 0.25) is 0 Å². The van der Waals surface area contributed by atoms with Gasteiger partial charge < -0.3 is 29.3 Å². The topological polar surface area (TPSA) is 97.8 Å². The highest BCUT2D eigenvalue weighted by Crippen LogP contribution is 2.39. The predicted octanol–water partition coefficient (Wildman–Crippen LogP) is 3.24. The van der Waals surface area contributed by atoms with Crippen LogP contribution in [0.15, 0.2) is 61.2 Å². The largest absolute Gasteiger partial charge is 0.493 e. The fourth-order valence-electron chi connectivity index (χ4n) is 6.29. The third kappa shape index (κ3) is 5.37. The minimum Gasteiger partial charge on any atom is -0.493 e. The van der Waals surface area contributed by atoms with E-state index in [2.05, 4.69) is 44.4 Å². The number of fused-ring (bicyclic) bond motifs is 3. The first kappa shape index (κ1) is 25.9. The number of hydrogen-bond donors (Lipinski definition) is 1. The van der Waals surface area contributed by atoms with E-state index < -0.39 is 0 Å². The lowest BCUT2D eigenvalue weighted by atomic mass is 10.1. The van der Waals surface area contributed by atoms with E-state index in [0.717, 1.165) is 73.7 Å². The zero-order valence-corrected chi connectivity index (χ0v) is 23.3. The highest BCUT2D eigenvalue weighted by Gasteiger charge is 2.42. The number of morpholine rings is 1. The SMILES string of the molecule is COc1cc2ncnc(N3C[C@H]4CC[C@@H](C3)N4c3ncc(Cc4ccccc4)cn3)c2cc1OCC1CNCCO1. The maximum absolute atomic E-state index is 6.21. The number of hydrogen-bond acceptors (Lipinski definition) is 10. The van der Waals surface area contributed by atoms with Crippen molar-refractivity contribution in [1.29, 1.82) is 0 Å². The van der Waals surface area contributed by atoms with Crippen molar-refractivity contribution in [2.75, 3.05) is 56.3 Å². The summed E-state index contributed by atoms with van der Waals surface area (Å²) in [5.41, 5.74) is 3.22. The van der Waals surface area contributed by atoms with Gasteiger partial charge in [-0.05, 0) is 30.0 Å². The van der Waals surface area contributed by atoms with E-state index in [1.165, 1.54) is 5.56 Å². The molecule has 3 aliphatic rings. The van der Waals surface area contributed by atoms with Crippen molar-refractivity contribution < 1.29 is 14.2 Å². The van der Waals surface area contributed by atoms with Crippen LogP contribution in [0.5, 0.6) is 11.5 Å². The van der Waals surface area contributed by atoms with Gasteiger partial charge >= 0.3 is 0 Å². The second kappa shape index (κ2) is 11.5. The lowest BCUT2D eigenvalue weighted by Crippen LogP contribution is -2.54. The van der Waals surface area contributed by atoms with E-state index in [4.69, 9.17) is 29.2 Å². The summed E-state index contributed by atoms with van der Waals surface area (Å²) in [6, 6.07) is 15.0. The van der Waals surface area contributed by atoms with Crippen LogP contribution < -0.4 is 24.6 Å². The van der Waals surface area contributed by atoms with Crippen molar-refractivity contribution >= 4 is 22.7 Å². The molecule has 3 aliphatic heterocycles. The molecule has 3 fully saturated rings. The van der Waals surface area contributed by atoms with E-state index in [1.54, 1.807) is 13.4 Å². The molecule has 212 valence electrons. The average Bonchev–Trinajstić information content (AvgIpc) is 3.29. The van der Waals surface area contributed by atoms with E-state index in [9.17, 15) is 0 Å². The zero-order valence-electron chi connectivity index (χ0n) is 23.3. The van der Waals surface area contributed by atoms with Crippen LogP contribution in [-0.4, -0.2) is 84.6 Å². The molecular formula is C31H35N7O3. The van der Waals surface area contributed by atoms with Gasteiger partial charge in [0, 0.05) is 68.5 Å². The second-order valence-electron chi connectivity index (χ2n) is 11.0. The van der Waals surface area contributed by atoms with E-state index in [1.807, 2.05) is 30.6 Å². The molecule has 0 saturated carbocycles. The molecule has 0 spiro atoms. The Morgan fingerprint density at radius 1 is 0.951 bits per heavy atom. The molecule has 2 aromatic carbocycles. The molecule has 10 heteroatoms. The average molecular weight is 554 g/mol. The summed E-state index contributed by atoms with van der Waals surface area (Å²) in [6.07, 6.45) is 8.65. The normalized spacial score (nSPS) is 22.2. The quantitative estimate of drug-likeness (QED) is 0.350. The summed E-state index contributed by atoms with van der Waals surface area (Å²) >= 11 is 0. The highest BCUT2D eigenvalue weighted by molar-refractivity contribution is 5.92. The summed E-state index contributed by atoms with van der Waals surface area (Å²) in [4.78, 5) is 23.7. The number of rotatable bonds is 8. The Kier molecular flexibility index (Phi) is 7.24. The van der Waals surface area contributed by atoms with Gasteiger partial charge in [0.05, 0.1) is 19.2 Å². The van der Waals surface area contributed by atoms with Gasteiger partial charge in [0.1, 0.15) is 24.9 Å². The van der Waals surface area contributed by atoms with Gasteiger partial charge in [0.25, 0.3) is 0 Å². The smallest absolute Gasteiger partial charge is 0.225 e. The van der Waals surface area contributed by atoms with Crippen LogP contribution in [0.25, 0.3) is 10.9 Å². The Bertz CT molecular complexity index is 1470. The number of piperazine rings is 1. The van der Waals surface area contributed by atoms with Gasteiger partial charge in [-0.1, -0.05) is 30.3 Å². The molecular weight excluding hydrogens is 518 g/mol. The van der Waals surface area contributed by atoms with Gasteiger partial charge in [0.2, 0.25) is 5.95 Å². The van der Waals surface area contributed by atoms with Gasteiger partial charge in [-0.25, -0.2) is 19.9 Å². The van der Waals surface area contributed by atoms with Gasteiger partial charge in [-0.2, -0.15) is 0 Å². The van der Waals surface area contributed by atoms with Crippen molar-refractivity contribution in [1.82, 2.24) is 25.3 Å². The molecule has 1 unspecified atom stereocenters. The number of nitrogens with one attached hydrogen (secondary N) is 1. The Morgan fingerprint density at radius 2 is 1.76 bits per heavy atom. The first-order valence-corrected chi connectivity index (χ1v) is 14.4. The van der Waals surface area contributed by atoms with Crippen LogP contribution in [0.3, 0.4) is 0 Å². The molecule has 0 amide bonds. The lowest BCUT2D eigenvalue weighted by molar-refractivity contribution is -0.000233. The van der Waals surface area contributed by atoms with E-state index in [0.29, 0.717) is 36.8 Å². The molecule has 41 heavy (non-hydrogen) atoms. The molecule has 5 heterocycles. The Balaban J connectivity index is 1.09. The Hall–Kier alpha value is -4.02. The molecule has 1 N–H and O–H groups in total. The monoisotopic (exact) mass is 553 g/mol. The van der Waals surface area contributed by atoms with Crippen molar-refractivity contribution in [3.05, 3.63) is 72.3 Å². The van der Waals surface area contributed by atoms with Crippen LogP contribution in [0.4, 0.5) is 11.8 Å². The van der Waals surface area contributed by atoms with Crippen LogP contribution in [0.1, 0.15) is 24.0 Å². The Labute approximate surface area is 239 Å². The summed E-state index contributed by atoms with van der Waals surface area (Å²) in [5, 5.41) is 4.31. The summed E-state index contributed by atoms with van der Waals surface area (Å²) < 4.78 is 17.7. The molecule has 10 nitrogen and oxygen atoms in total. The van der Waals surface area contributed by atoms with Crippen molar-refractivity contribution in [3.8, 4) is 11.5 Å². The molecule has 3 saturated heterocycles. The second-order valence-corrected chi connectivity index (χ2v) is 11.0. The predicted molar refractivity (Wildman–Crippen MR) is 157 cm³/mol. The van der Waals surface area contributed by atoms with Gasteiger partial charge in [0.15, 0.2) is 11.5 Å². The van der Waals surface area contributed by atoms with E-state index in [-0.39, 0.29) is 6.10 Å². The maximum atomic E-state index is 6.21. The lowest BCUT2D eigenvalue weighted by Gasteiger charge is -2.41. The van der Waals surface area contributed by atoms with Crippen LogP contribution in [0, 0.1) is 0 Å². The maximum Gasteiger partial charge on any atom is 0.225 e. The molecule has 4 aromatic rings. The molecule has 7 rings (SSSR count). The number of benzene rings is 2. The summed E-state index contributed by atoms with van der Waals surface area (Å²) in [6.45, 7) is 4.49. The fraction of sp³-hybridized carbons (Fsp3) is 0.419. The number of aromatic nitrogens is 4. The standard InChI is InChI=1S/C31H35N7O3/c1-39-28-13-27-26(12-29(28)41-19-25-16-32-9-10-40-25)30(36-20-35-27)37-17-23-7-8-24(18-37)38(23)31-33-14-22(15-34-31)11-21-5-3-2-4-6-21/h2-6,12-15,20,23-25,32H,7-11,16-19H2,1H3/t23-,24+,25?. The third-order valence-corrected chi connectivity index (χ3v) is 8.28. The number of nitrogens with zero attached hydrogens (tertiary/aromatic N) is 6. The third-order valence-electron chi connectivity index (χ3n) is 8.28. The summed E-state index contributed by atoms with van der Waals surface area (Å²) in [5.74, 6) is 3.08. The van der Waals surface area contributed by atoms with Crippen molar-refractivity contribution in [3.63, 3.8) is 0 Å². The zero-order chi connectivity index (χ0) is 27.6. The minimum absolute atomic E-state index is 0.00831. The highest BCUT2D eigenvalue weighted by atomic mass is 16.5. The Morgan fingerprint density at radius 3 is 2.49 bits per heavy atom. The van der Waals surface area contributed by atoms with Crippen LogP contribution in [-0.2, 0) is 11.2 Å². The van der Waals surface area contributed by atoms with Crippen molar-refractivity contribution in [2.24, 2.45) is 0 Å². The molecule has 3 atom stereocenters. The first-order valence-electron chi connectivity index (χ1n) is 14.4. The number of anilines is 2. The number of ether oxygens (including phenoxy) is 3. The molecule has 0 aliphatic carbocycles. The molecule has 0 radical (unpaired) electrons. The molecule has 2 bridgehead atoms.